The van der Waals surface area contributed by atoms with E-state index in [1.165, 1.54) is 17.5 Å². The van der Waals surface area contributed by atoms with E-state index in [9.17, 15) is 0 Å². The van der Waals surface area contributed by atoms with Gasteiger partial charge in [-0.15, -0.1) is 0 Å². The Morgan fingerprint density at radius 3 is 2.38 bits per heavy atom. The van der Waals surface area contributed by atoms with Gasteiger partial charge in [-0.25, -0.2) is 0 Å². The maximum atomic E-state index is 6.60. The van der Waals surface area contributed by atoms with Crippen molar-refractivity contribution in [2.45, 2.75) is 32.3 Å². The smallest absolute Gasteiger partial charge is 0.294 e. The fraction of sp³-hybridized carbons (Fsp3) is 0.240. The Morgan fingerprint density at radius 1 is 0.931 bits per heavy atom. The number of imidazole rings is 1. The molecule has 0 saturated heterocycles. The Bertz CT molecular complexity index is 1130. The Morgan fingerprint density at radius 2 is 1.66 bits per heavy atom. The van der Waals surface area contributed by atoms with Crippen LogP contribution in [0.2, 0.25) is 5.02 Å². The van der Waals surface area contributed by atoms with Gasteiger partial charge in [-0.1, -0.05) is 73.1 Å². The number of benzene rings is 3. The average molecular weight is 403 g/mol. The van der Waals surface area contributed by atoms with Crippen molar-refractivity contribution in [2.75, 3.05) is 0 Å². The van der Waals surface area contributed by atoms with Gasteiger partial charge in [0.25, 0.3) is 6.01 Å². The highest BCUT2D eigenvalue weighted by Gasteiger charge is 2.24. The molecule has 1 aliphatic rings. The van der Waals surface area contributed by atoms with Gasteiger partial charge >= 0.3 is 0 Å². The summed E-state index contributed by atoms with van der Waals surface area (Å²) < 4.78 is 6.07. The quantitative estimate of drug-likeness (QED) is 0.394. The van der Waals surface area contributed by atoms with Crippen molar-refractivity contribution in [1.29, 1.82) is 0 Å². The standard InChI is InChI=1S/C25H23ClN2O/c1-16-7-12-20(13-16)29-25-27-23-14-21(22(26)15-24(23)28-25)19-10-8-18(9-11-19)17-5-3-2-4-6-17/h2-6,8-11,14-16,20H,7,12-13H2,1H3,(H,27,28). The molecular weight excluding hydrogens is 380 g/mol. The van der Waals surface area contributed by atoms with E-state index in [1.54, 1.807) is 0 Å². The number of nitrogens with zero attached hydrogens (tertiary/aromatic N) is 1. The maximum absolute atomic E-state index is 6.60. The molecule has 4 aromatic rings. The third-order valence-corrected chi connectivity index (χ3v) is 6.09. The summed E-state index contributed by atoms with van der Waals surface area (Å²) in [4.78, 5) is 7.93. The minimum atomic E-state index is 0.256. The highest BCUT2D eigenvalue weighted by atomic mass is 35.5. The fourth-order valence-corrected chi connectivity index (χ4v) is 4.45. The maximum Gasteiger partial charge on any atom is 0.294 e. The minimum absolute atomic E-state index is 0.256. The number of aromatic amines is 1. The van der Waals surface area contributed by atoms with Gasteiger partial charge in [0.2, 0.25) is 0 Å². The summed E-state index contributed by atoms with van der Waals surface area (Å²) in [6.07, 6.45) is 3.67. The lowest BCUT2D eigenvalue weighted by Gasteiger charge is -2.09. The summed E-state index contributed by atoms with van der Waals surface area (Å²) in [6.45, 7) is 2.27. The number of aromatic nitrogens is 2. The molecule has 4 heteroatoms. The van der Waals surface area contributed by atoms with Crippen molar-refractivity contribution in [3.8, 4) is 28.3 Å². The van der Waals surface area contributed by atoms with Crippen LogP contribution in [0.1, 0.15) is 26.2 Å². The highest BCUT2D eigenvalue weighted by molar-refractivity contribution is 6.34. The second kappa shape index (κ2) is 7.57. The zero-order valence-electron chi connectivity index (χ0n) is 16.4. The van der Waals surface area contributed by atoms with Gasteiger partial charge in [0, 0.05) is 5.56 Å². The summed E-state index contributed by atoms with van der Waals surface area (Å²) in [7, 11) is 0. The number of halogens is 1. The molecule has 2 atom stereocenters. The van der Waals surface area contributed by atoms with Crippen LogP contribution in [0, 0.1) is 5.92 Å². The van der Waals surface area contributed by atoms with Crippen molar-refractivity contribution >= 4 is 22.6 Å². The van der Waals surface area contributed by atoms with Crippen molar-refractivity contribution in [3.05, 3.63) is 71.8 Å². The van der Waals surface area contributed by atoms with Crippen molar-refractivity contribution in [1.82, 2.24) is 9.97 Å². The number of H-pyrrole nitrogens is 1. The monoisotopic (exact) mass is 402 g/mol. The summed E-state index contributed by atoms with van der Waals surface area (Å²) in [5.74, 6) is 0.726. The Labute approximate surface area is 175 Å². The largest absolute Gasteiger partial charge is 0.461 e. The molecule has 0 amide bonds. The first kappa shape index (κ1) is 18.3. The highest BCUT2D eigenvalue weighted by Crippen LogP contribution is 2.34. The van der Waals surface area contributed by atoms with Crippen LogP contribution in [0.3, 0.4) is 0 Å². The van der Waals surface area contributed by atoms with E-state index in [2.05, 4.69) is 65.4 Å². The summed E-state index contributed by atoms with van der Waals surface area (Å²) in [6, 6.07) is 23.4. The van der Waals surface area contributed by atoms with Crippen LogP contribution in [0.15, 0.2) is 66.7 Å². The molecule has 1 aromatic heterocycles. The topological polar surface area (TPSA) is 37.9 Å². The van der Waals surface area contributed by atoms with E-state index in [0.29, 0.717) is 11.0 Å². The second-order valence-corrected chi connectivity index (χ2v) is 8.40. The van der Waals surface area contributed by atoms with Crippen molar-refractivity contribution < 1.29 is 4.74 Å². The molecule has 2 unspecified atom stereocenters. The number of ether oxygens (including phenoxy) is 1. The lowest BCUT2D eigenvalue weighted by atomic mass is 10.00. The lowest BCUT2D eigenvalue weighted by molar-refractivity contribution is 0.190. The molecule has 5 rings (SSSR count). The molecule has 1 heterocycles. The van der Waals surface area contributed by atoms with Crippen molar-refractivity contribution in [3.63, 3.8) is 0 Å². The first-order chi connectivity index (χ1) is 14.2. The molecule has 0 bridgehead atoms. The molecule has 1 aliphatic carbocycles. The minimum Gasteiger partial charge on any atom is -0.461 e. The molecule has 0 aliphatic heterocycles. The molecule has 146 valence electrons. The molecule has 29 heavy (non-hydrogen) atoms. The molecule has 1 fully saturated rings. The predicted molar refractivity (Wildman–Crippen MR) is 119 cm³/mol. The summed E-state index contributed by atoms with van der Waals surface area (Å²) >= 11 is 6.60. The summed E-state index contributed by atoms with van der Waals surface area (Å²) in [5, 5.41) is 0.703. The Balaban J connectivity index is 1.43. The molecule has 3 nitrogen and oxygen atoms in total. The van der Waals surface area contributed by atoms with Crippen LogP contribution in [0.25, 0.3) is 33.3 Å². The molecule has 3 aromatic carbocycles. The Hall–Kier alpha value is -2.78. The number of nitrogens with one attached hydrogen (secondary N) is 1. The predicted octanol–water partition coefficient (Wildman–Crippen LogP) is 7.12. The van der Waals surface area contributed by atoms with Gasteiger partial charge in [-0.3, -0.25) is 0 Å². The lowest BCUT2D eigenvalue weighted by Crippen LogP contribution is -2.12. The first-order valence-corrected chi connectivity index (χ1v) is 10.6. The van der Waals surface area contributed by atoms with E-state index in [-0.39, 0.29) is 6.10 Å². The van der Waals surface area contributed by atoms with Gasteiger partial charge in [0.05, 0.1) is 16.1 Å². The zero-order chi connectivity index (χ0) is 19.8. The second-order valence-electron chi connectivity index (χ2n) is 7.99. The molecule has 0 spiro atoms. The third-order valence-electron chi connectivity index (χ3n) is 5.78. The molecular formula is C25H23ClN2O. The van der Waals surface area contributed by atoms with Crippen LogP contribution in [0.5, 0.6) is 6.01 Å². The van der Waals surface area contributed by atoms with Gasteiger partial charge in [0.15, 0.2) is 0 Å². The SMILES string of the molecule is CC1CCC(Oc2nc3cc(-c4ccc(-c5ccccc5)cc4)c(Cl)cc3[nH]2)C1. The Kier molecular flexibility index (Phi) is 4.76. The van der Waals surface area contributed by atoms with Crippen LogP contribution in [0.4, 0.5) is 0 Å². The number of rotatable bonds is 4. The molecule has 1 saturated carbocycles. The van der Waals surface area contributed by atoms with E-state index >= 15 is 0 Å². The van der Waals surface area contributed by atoms with E-state index in [0.717, 1.165) is 40.9 Å². The van der Waals surface area contributed by atoms with Gasteiger partial charge < -0.3 is 9.72 Å². The van der Waals surface area contributed by atoms with E-state index in [1.807, 2.05) is 18.2 Å². The van der Waals surface area contributed by atoms with Gasteiger partial charge in [0.1, 0.15) is 6.10 Å². The average Bonchev–Trinajstić information content (AvgIpc) is 3.33. The van der Waals surface area contributed by atoms with Crippen LogP contribution >= 0.6 is 11.6 Å². The van der Waals surface area contributed by atoms with E-state index in [4.69, 9.17) is 16.3 Å². The third kappa shape index (κ3) is 3.75. The van der Waals surface area contributed by atoms with Crippen LogP contribution in [-0.4, -0.2) is 16.1 Å². The number of hydrogen-bond donors (Lipinski definition) is 1. The molecule has 1 N–H and O–H groups in total. The van der Waals surface area contributed by atoms with Crippen LogP contribution in [-0.2, 0) is 0 Å². The summed E-state index contributed by atoms with van der Waals surface area (Å²) in [5.41, 5.74) is 6.22. The van der Waals surface area contributed by atoms with Gasteiger partial charge in [-0.2, -0.15) is 4.98 Å². The number of hydrogen-bond acceptors (Lipinski definition) is 2. The normalized spacial score (nSPS) is 19.0. The molecule has 0 radical (unpaired) electrons. The van der Waals surface area contributed by atoms with E-state index < -0.39 is 0 Å². The first-order valence-electron chi connectivity index (χ1n) is 10.2. The van der Waals surface area contributed by atoms with Gasteiger partial charge in [-0.05, 0) is 54.0 Å². The number of fused-ring (bicyclic) bond motifs is 1. The zero-order valence-corrected chi connectivity index (χ0v) is 17.1. The van der Waals surface area contributed by atoms with Crippen molar-refractivity contribution in [2.24, 2.45) is 5.92 Å². The fourth-order valence-electron chi connectivity index (χ4n) is 4.18. The van der Waals surface area contributed by atoms with Crippen LogP contribution < -0.4 is 4.74 Å².